The van der Waals surface area contributed by atoms with E-state index in [0.717, 1.165) is 30.4 Å². The van der Waals surface area contributed by atoms with Crippen LogP contribution >= 0.6 is 0 Å². The summed E-state index contributed by atoms with van der Waals surface area (Å²) < 4.78 is 5.31. The lowest BCUT2D eigenvalue weighted by Crippen LogP contribution is -2.14. The average Bonchev–Trinajstić information content (AvgIpc) is 2.31. The first-order valence-corrected chi connectivity index (χ1v) is 6.08. The number of hydrogen-bond acceptors (Lipinski definition) is 3. The summed E-state index contributed by atoms with van der Waals surface area (Å²) >= 11 is 0. The van der Waals surface area contributed by atoms with Gasteiger partial charge in [0.05, 0.1) is 0 Å². The molecule has 2 rings (SSSR count). The molecule has 0 fully saturated rings. The van der Waals surface area contributed by atoms with Crippen LogP contribution < -0.4 is 4.74 Å². The van der Waals surface area contributed by atoms with Crippen molar-refractivity contribution in [3.63, 3.8) is 0 Å². The van der Waals surface area contributed by atoms with Gasteiger partial charge in [-0.2, -0.15) is 0 Å². The molecule has 0 atom stereocenters. The molecule has 0 amide bonds. The highest BCUT2D eigenvalue weighted by atomic mass is 16.5. The molecule has 0 bridgehead atoms. The second kappa shape index (κ2) is 5.13. The van der Waals surface area contributed by atoms with Crippen LogP contribution in [0.25, 0.3) is 0 Å². The minimum Gasteiger partial charge on any atom is -0.426 e. The minimum absolute atomic E-state index is 0.152. The third-order valence-corrected chi connectivity index (χ3v) is 2.94. The summed E-state index contributed by atoms with van der Waals surface area (Å²) in [5, 5.41) is 0. The van der Waals surface area contributed by atoms with Gasteiger partial charge in [-0.25, -0.2) is 0 Å². The van der Waals surface area contributed by atoms with E-state index in [1.165, 1.54) is 0 Å². The van der Waals surface area contributed by atoms with Gasteiger partial charge in [-0.3, -0.25) is 9.59 Å². The second-order valence-corrected chi connectivity index (χ2v) is 4.28. The average molecular weight is 232 g/mol. The minimum atomic E-state index is -0.223. The molecule has 1 aliphatic rings. The second-order valence-electron chi connectivity index (χ2n) is 4.28. The quantitative estimate of drug-likeness (QED) is 0.594. The van der Waals surface area contributed by atoms with Crippen molar-refractivity contribution in [2.45, 2.75) is 39.0 Å². The number of benzene rings is 1. The molecule has 1 aliphatic carbocycles. The van der Waals surface area contributed by atoms with Crippen molar-refractivity contribution in [1.82, 2.24) is 0 Å². The molecule has 0 aromatic heterocycles. The normalized spacial score (nSPS) is 14.3. The van der Waals surface area contributed by atoms with E-state index >= 15 is 0 Å². The summed E-state index contributed by atoms with van der Waals surface area (Å²) in [7, 11) is 0. The van der Waals surface area contributed by atoms with E-state index in [2.05, 4.69) is 0 Å². The van der Waals surface area contributed by atoms with E-state index in [0.29, 0.717) is 18.6 Å². The maximum absolute atomic E-state index is 11.7. The van der Waals surface area contributed by atoms with Crippen LogP contribution in [-0.4, -0.2) is 11.8 Å². The highest BCUT2D eigenvalue weighted by Gasteiger charge is 2.21. The van der Waals surface area contributed by atoms with Gasteiger partial charge in [-0.15, -0.1) is 0 Å². The van der Waals surface area contributed by atoms with Gasteiger partial charge >= 0.3 is 5.97 Å². The molecule has 0 radical (unpaired) electrons. The van der Waals surface area contributed by atoms with Crippen molar-refractivity contribution < 1.29 is 14.3 Å². The predicted octanol–water partition coefficient (Wildman–Crippen LogP) is 2.91. The lowest BCUT2D eigenvalue weighted by atomic mass is 9.90. The molecule has 1 aromatic rings. The van der Waals surface area contributed by atoms with E-state index < -0.39 is 0 Å². The third-order valence-electron chi connectivity index (χ3n) is 2.94. The Morgan fingerprint density at radius 1 is 1.35 bits per heavy atom. The lowest BCUT2D eigenvalue weighted by molar-refractivity contribution is -0.134. The molecule has 0 saturated carbocycles. The standard InChI is InChI=1S/C14H16O3/c1-2-5-14(16)17-13-9-4-6-10-11(13)7-3-8-12(10)15/h4,6,9H,2-3,5,7-8H2,1H3. The Bertz CT molecular complexity index is 449. The summed E-state index contributed by atoms with van der Waals surface area (Å²) in [6.07, 6.45) is 3.44. The fourth-order valence-corrected chi connectivity index (χ4v) is 2.12. The van der Waals surface area contributed by atoms with Crippen molar-refractivity contribution in [3.8, 4) is 5.75 Å². The maximum atomic E-state index is 11.7. The first kappa shape index (κ1) is 11.8. The molecule has 3 nitrogen and oxygen atoms in total. The van der Waals surface area contributed by atoms with E-state index in [1.54, 1.807) is 12.1 Å². The Morgan fingerprint density at radius 2 is 2.18 bits per heavy atom. The third kappa shape index (κ3) is 2.54. The Hall–Kier alpha value is -1.64. The smallest absolute Gasteiger partial charge is 0.311 e. The molecular weight excluding hydrogens is 216 g/mol. The Balaban J connectivity index is 2.26. The summed E-state index contributed by atoms with van der Waals surface area (Å²) in [4.78, 5) is 23.2. The Morgan fingerprint density at radius 3 is 2.94 bits per heavy atom. The zero-order valence-corrected chi connectivity index (χ0v) is 9.99. The monoisotopic (exact) mass is 232 g/mol. The highest BCUT2D eigenvalue weighted by molar-refractivity contribution is 5.99. The number of ketones is 1. The van der Waals surface area contributed by atoms with Crippen LogP contribution in [0.1, 0.15) is 48.5 Å². The number of fused-ring (bicyclic) bond motifs is 1. The van der Waals surface area contributed by atoms with Crippen LogP contribution in [0.2, 0.25) is 0 Å². The topological polar surface area (TPSA) is 43.4 Å². The van der Waals surface area contributed by atoms with Gasteiger partial charge in [0.25, 0.3) is 0 Å². The first-order valence-electron chi connectivity index (χ1n) is 6.08. The van der Waals surface area contributed by atoms with Crippen molar-refractivity contribution in [1.29, 1.82) is 0 Å². The van der Waals surface area contributed by atoms with Crippen molar-refractivity contribution in [2.75, 3.05) is 0 Å². The number of rotatable bonds is 3. The van der Waals surface area contributed by atoms with Crippen LogP contribution in [0.4, 0.5) is 0 Å². The first-order chi connectivity index (χ1) is 8.22. The Kier molecular flexibility index (Phi) is 3.57. The van der Waals surface area contributed by atoms with Gasteiger partial charge in [-0.05, 0) is 25.3 Å². The molecule has 0 saturated heterocycles. The maximum Gasteiger partial charge on any atom is 0.311 e. The zero-order valence-electron chi connectivity index (χ0n) is 9.99. The van der Waals surface area contributed by atoms with Gasteiger partial charge in [0.15, 0.2) is 5.78 Å². The summed E-state index contributed by atoms with van der Waals surface area (Å²) in [6.45, 7) is 1.94. The van der Waals surface area contributed by atoms with Gasteiger partial charge in [0.1, 0.15) is 5.75 Å². The predicted molar refractivity (Wildman–Crippen MR) is 64.3 cm³/mol. The fourth-order valence-electron chi connectivity index (χ4n) is 2.12. The summed E-state index contributed by atoms with van der Waals surface area (Å²) in [5.41, 5.74) is 1.62. The number of ether oxygens (including phenoxy) is 1. The van der Waals surface area contributed by atoms with Crippen LogP contribution in [-0.2, 0) is 11.2 Å². The molecule has 0 unspecified atom stereocenters. The van der Waals surface area contributed by atoms with E-state index in [9.17, 15) is 9.59 Å². The van der Waals surface area contributed by atoms with Crippen LogP contribution in [0.3, 0.4) is 0 Å². The van der Waals surface area contributed by atoms with Crippen molar-refractivity contribution in [3.05, 3.63) is 29.3 Å². The number of carbonyl (C=O) groups is 2. The number of Topliss-reactive ketones (excluding diaryl/α,β-unsaturated/α-hetero) is 1. The SMILES string of the molecule is CCCC(=O)Oc1cccc2c1CCCC2=O. The fraction of sp³-hybridized carbons (Fsp3) is 0.429. The van der Waals surface area contributed by atoms with Gasteiger partial charge in [0, 0.05) is 24.0 Å². The molecule has 17 heavy (non-hydrogen) atoms. The summed E-state index contributed by atoms with van der Waals surface area (Å²) in [5.74, 6) is 0.493. The molecule has 0 heterocycles. The van der Waals surface area contributed by atoms with E-state index in [-0.39, 0.29) is 11.8 Å². The van der Waals surface area contributed by atoms with Gasteiger partial charge in [0.2, 0.25) is 0 Å². The van der Waals surface area contributed by atoms with Crippen LogP contribution in [0.5, 0.6) is 5.75 Å². The molecule has 0 spiro atoms. The number of esters is 1. The molecule has 0 N–H and O–H groups in total. The largest absolute Gasteiger partial charge is 0.426 e. The molecule has 1 aromatic carbocycles. The van der Waals surface area contributed by atoms with E-state index in [4.69, 9.17) is 4.74 Å². The van der Waals surface area contributed by atoms with Crippen LogP contribution in [0.15, 0.2) is 18.2 Å². The zero-order chi connectivity index (χ0) is 12.3. The molecule has 0 aliphatic heterocycles. The molecule has 3 heteroatoms. The Labute approximate surface area is 101 Å². The van der Waals surface area contributed by atoms with Gasteiger partial charge in [-0.1, -0.05) is 19.1 Å². The van der Waals surface area contributed by atoms with E-state index in [1.807, 2.05) is 13.0 Å². The molecule has 90 valence electrons. The van der Waals surface area contributed by atoms with Crippen molar-refractivity contribution in [2.24, 2.45) is 0 Å². The highest BCUT2D eigenvalue weighted by Crippen LogP contribution is 2.29. The number of hydrogen-bond donors (Lipinski definition) is 0. The molecular formula is C14H16O3. The van der Waals surface area contributed by atoms with Crippen LogP contribution in [0, 0.1) is 0 Å². The number of carbonyl (C=O) groups excluding carboxylic acids is 2. The van der Waals surface area contributed by atoms with Gasteiger partial charge < -0.3 is 4.74 Å². The summed E-state index contributed by atoms with van der Waals surface area (Å²) in [6, 6.07) is 5.36. The lowest BCUT2D eigenvalue weighted by Gasteiger charge is -2.17. The van der Waals surface area contributed by atoms with Crippen molar-refractivity contribution >= 4 is 11.8 Å².